The number of rotatable bonds is 3. The molecule has 9 heteroatoms. The second-order valence-corrected chi connectivity index (χ2v) is 6.55. The molecule has 1 aromatic carbocycles. The standard InChI is InChI=1S/C16H12ClN3O4S/c1-18-16-19(2)15(21)14(25-16)8-10-4-6-13(24-10)11-7-9(17)3-5-12(11)20(22)23/h3-8H,1-2H3. The normalized spacial score (nSPS) is 17.7. The zero-order valence-corrected chi connectivity index (χ0v) is 14.8. The van der Waals surface area contributed by atoms with Crippen LogP contribution in [-0.2, 0) is 4.79 Å². The lowest BCUT2D eigenvalue weighted by Gasteiger charge is -2.04. The summed E-state index contributed by atoms with van der Waals surface area (Å²) in [6.07, 6.45) is 1.58. The van der Waals surface area contributed by atoms with Gasteiger partial charge in [0.15, 0.2) is 5.17 Å². The molecule has 128 valence electrons. The van der Waals surface area contributed by atoms with Gasteiger partial charge in [0, 0.05) is 31.3 Å². The maximum Gasteiger partial charge on any atom is 0.280 e. The monoisotopic (exact) mass is 377 g/mol. The third kappa shape index (κ3) is 3.31. The van der Waals surface area contributed by atoms with E-state index in [0.717, 1.165) is 0 Å². The van der Waals surface area contributed by atoms with E-state index in [1.165, 1.54) is 34.9 Å². The van der Waals surface area contributed by atoms with Crippen molar-refractivity contribution in [2.45, 2.75) is 0 Å². The van der Waals surface area contributed by atoms with Gasteiger partial charge in [0.1, 0.15) is 11.5 Å². The Morgan fingerprint density at radius 2 is 2.12 bits per heavy atom. The molecule has 0 spiro atoms. The van der Waals surface area contributed by atoms with Crippen LogP contribution in [-0.4, -0.2) is 35.0 Å². The van der Waals surface area contributed by atoms with Gasteiger partial charge in [-0.25, -0.2) is 0 Å². The lowest BCUT2D eigenvalue weighted by Crippen LogP contribution is -2.23. The van der Waals surface area contributed by atoms with Gasteiger partial charge < -0.3 is 4.42 Å². The molecule has 1 aliphatic rings. The van der Waals surface area contributed by atoms with E-state index in [9.17, 15) is 14.9 Å². The van der Waals surface area contributed by atoms with Crippen LogP contribution >= 0.6 is 23.4 Å². The molecule has 0 radical (unpaired) electrons. The fourth-order valence-electron chi connectivity index (χ4n) is 2.32. The van der Waals surface area contributed by atoms with Gasteiger partial charge >= 0.3 is 0 Å². The number of halogens is 1. The Kier molecular flexibility index (Phi) is 4.65. The number of nitro groups is 1. The van der Waals surface area contributed by atoms with E-state index >= 15 is 0 Å². The second kappa shape index (κ2) is 6.73. The highest BCUT2D eigenvalue weighted by Crippen LogP contribution is 2.35. The average molecular weight is 378 g/mol. The molecule has 1 aromatic heterocycles. The molecule has 25 heavy (non-hydrogen) atoms. The fraction of sp³-hybridized carbons (Fsp3) is 0.125. The number of nitro benzene ring substituents is 1. The highest BCUT2D eigenvalue weighted by Gasteiger charge is 2.30. The highest BCUT2D eigenvalue weighted by molar-refractivity contribution is 8.18. The van der Waals surface area contributed by atoms with Crippen molar-refractivity contribution in [1.29, 1.82) is 0 Å². The number of nitrogens with zero attached hydrogens (tertiary/aromatic N) is 3. The number of furan rings is 1. The average Bonchev–Trinajstić information content (AvgIpc) is 3.15. The minimum absolute atomic E-state index is 0.107. The van der Waals surface area contributed by atoms with Crippen LogP contribution in [0, 0.1) is 10.1 Å². The van der Waals surface area contributed by atoms with Gasteiger partial charge in [0.2, 0.25) is 0 Å². The second-order valence-electron chi connectivity index (χ2n) is 5.10. The van der Waals surface area contributed by atoms with Gasteiger partial charge in [-0.1, -0.05) is 11.6 Å². The van der Waals surface area contributed by atoms with E-state index in [1.54, 1.807) is 32.3 Å². The van der Waals surface area contributed by atoms with Crippen LogP contribution in [0.5, 0.6) is 0 Å². The first-order chi connectivity index (χ1) is 11.9. The van der Waals surface area contributed by atoms with E-state index in [0.29, 0.717) is 26.6 Å². The Balaban J connectivity index is 1.97. The first-order valence-electron chi connectivity index (χ1n) is 7.09. The number of likely N-dealkylation sites (N-methyl/N-ethyl adjacent to an activating group) is 1. The van der Waals surface area contributed by atoms with Crippen LogP contribution in [0.2, 0.25) is 5.02 Å². The molecular formula is C16H12ClN3O4S. The number of benzene rings is 1. The molecule has 1 fully saturated rings. The lowest BCUT2D eigenvalue weighted by molar-refractivity contribution is -0.384. The largest absolute Gasteiger partial charge is 0.456 e. The molecule has 7 nitrogen and oxygen atoms in total. The minimum atomic E-state index is -0.498. The van der Waals surface area contributed by atoms with E-state index < -0.39 is 4.92 Å². The molecule has 0 bridgehead atoms. The first kappa shape index (κ1) is 17.2. The SMILES string of the molecule is CN=C1SC(=Cc2ccc(-c3cc(Cl)ccc3[N+](=O)[O-])o2)C(=O)N1C. The van der Waals surface area contributed by atoms with Crippen molar-refractivity contribution in [1.82, 2.24) is 4.90 Å². The maximum atomic E-state index is 12.2. The van der Waals surface area contributed by atoms with Crippen LogP contribution in [0.3, 0.4) is 0 Å². The highest BCUT2D eigenvalue weighted by atomic mass is 35.5. The summed E-state index contributed by atoms with van der Waals surface area (Å²) in [4.78, 5) is 28.8. The van der Waals surface area contributed by atoms with E-state index in [2.05, 4.69) is 4.99 Å². The molecular weight excluding hydrogens is 366 g/mol. The van der Waals surface area contributed by atoms with Crippen molar-refractivity contribution < 1.29 is 14.1 Å². The van der Waals surface area contributed by atoms with Crippen molar-refractivity contribution in [3.05, 3.63) is 56.1 Å². The topological polar surface area (TPSA) is 89.0 Å². The van der Waals surface area contributed by atoms with Crippen LogP contribution < -0.4 is 0 Å². The summed E-state index contributed by atoms with van der Waals surface area (Å²) < 4.78 is 5.67. The summed E-state index contributed by atoms with van der Waals surface area (Å²) in [5, 5.41) is 12.1. The Labute approximate surface area is 152 Å². The molecule has 2 aromatic rings. The molecule has 2 heterocycles. The van der Waals surface area contributed by atoms with Gasteiger partial charge in [-0.2, -0.15) is 0 Å². The predicted molar refractivity (Wildman–Crippen MR) is 97.5 cm³/mol. The summed E-state index contributed by atoms with van der Waals surface area (Å²) in [6, 6.07) is 7.49. The number of thioether (sulfide) groups is 1. The molecule has 1 saturated heterocycles. The van der Waals surface area contributed by atoms with Gasteiger partial charge in [0.25, 0.3) is 11.6 Å². The van der Waals surface area contributed by atoms with Crippen molar-refractivity contribution in [3.63, 3.8) is 0 Å². The Morgan fingerprint density at radius 1 is 1.36 bits per heavy atom. The summed E-state index contributed by atoms with van der Waals surface area (Å²) >= 11 is 7.18. The molecule has 3 rings (SSSR count). The molecule has 0 atom stereocenters. The number of hydrogen-bond acceptors (Lipinski definition) is 6. The number of hydrogen-bond donors (Lipinski definition) is 0. The fourth-order valence-corrected chi connectivity index (χ4v) is 3.40. The van der Waals surface area contributed by atoms with Crippen molar-refractivity contribution in [2.75, 3.05) is 14.1 Å². The molecule has 1 amide bonds. The van der Waals surface area contributed by atoms with Gasteiger partial charge in [-0.15, -0.1) is 0 Å². The van der Waals surface area contributed by atoms with Crippen molar-refractivity contribution in [3.8, 4) is 11.3 Å². The Hall–Kier alpha value is -2.58. The van der Waals surface area contributed by atoms with Gasteiger partial charge in [-0.05, 0) is 36.0 Å². The summed E-state index contributed by atoms with van der Waals surface area (Å²) in [6.45, 7) is 0. The van der Waals surface area contributed by atoms with Crippen LogP contribution in [0.4, 0.5) is 5.69 Å². The third-order valence-corrected chi connectivity index (χ3v) is 4.90. The molecule has 0 aliphatic carbocycles. The van der Waals surface area contributed by atoms with Gasteiger partial charge in [-0.3, -0.25) is 24.8 Å². The van der Waals surface area contributed by atoms with Crippen LogP contribution in [0.25, 0.3) is 17.4 Å². The van der Waals surface area contributed by atoms with Crippen molar-refractivity contribution >= 4 is 46.2 Å². The number of amidine groups is 1. The number of carbonyl (C=O) groups is 1. The van der Waals surface area contributed by atoms with Crippen LogP contribution in [0.15, 0.2) is 44.6 Å². The Morgan fingerprint density at radius 3 is 2.76 bits per heavy atom. The zero-order valence-electron chi connectivity index (χ0n) is 13.2. The summed E-state index contributed by atoms with van der Waals surface area (Å²) in [5.74, 6) is 0.525. The van der Waals surface area contributed by atoms with Crippen molar-refractivity contribution in [2.24, 2.45) is 4.99 Å². The molecule has 0 saturated carbocycles. The molecule has 1 aliphatic heterocycles. The molecule has 0 N–H and O–H groups in total. The molecule has 0 unspecified atom stereocenters. The quantitative estimate of drug-likeness (QED) is 0.457. The predicted octanol–water partition coefficient (Wildman–Crippen LogP) is 4.04. The minimum Gasteiger partial charge on any atom is -0.456 e. The summed E-state index contributed by atoms with van der Waals surface area (Å²) in [7, 11) is 3.25. The lowest BCUT2D eigenvalue weighted by atomic mass is 10.1. The third-order valence-electron chi connectivity index (χ3n) is 3.52. The first-order valence-corrected chi connectivity index (χ1v) is 8.28. The smallest absolute Gasteiger partial charge is 0.280 e. The number of amides is 1. The van der Waals surface area contributed by atoms with E-state index in [4.69, 9.17) is 16.0 Å². The Bertz CT molecular complexity index is 935. The summed E-state index contributed by atoms with van der Waals surface area (Å²) in [5.41, 5.74) is 0.171. The van der Waals surface area contributed by atoms with E-state index in [1.807, 2.05) is 0 Å². The van der Waals surface area contributed by atoms with Crippen LogP contribution in [0.1, 0.15) is 5.76 Å². The van der Waals surface area contributed by atoms with E-state index in [-0.39, 0.29) is 17.2 Å². The number of carbonyl (C=O) groups excluding carboxylic acids is 1. The maximum absolute atomic E-state index is 12.2. The zero-order chi connectivity index (χ0) is 18.1. The van der Waals surface area contributed by atoms with Gasteiger partial charge in [0.05, 0.1) is 15.4 Å². The number of aliphatic imine (C=N–C) groups is 1.